The fourth-order valence-corrected chi connectivity index (χ4v) is 2.64. The van der Waals surface area contributed by atoms with E-state index in [0.717, 1.165) is 11.1 Å². The Bertz CT molecular complexity index is 938. The Kier molecular flexibility index (Phi) is 9.18. The van der Waals surface area contributed by atoms with Gasteiger partial charge in [-0.1, -0.05) is 18.2 Å². The van der Waals surface area contributed by atoms with E-state index in [1.165, 1.54) is 13.3 Å². The van der Waals surface area contributed by atoms with Crippen LogP contribution < -0.4 is 20.8 Å². The minimum Gasteiger partial charge on any atom is -0.484 e. The monoisotopic (exact) mass is 426 g/mol. The summed E-state index contributed by atoms with van der Waals surface area (Å²) in [4.78, 5) is 35.3. The lowest BCUT2D eigenvalue weighted by molar-refractivity contribution is -0.139. The lowest BCUT2D eigenvalue weighted by Crippen LogP contribution is -2.39. The molecule has 0 saturated heterocycles. The molecule has 0 fully saturated rings. The maximum atomic E-state index is 12.1. The second-order valence-electron chi connectivity index (χ2n) is 6.73. The van der Waals surface area contributed by atoms with Crippen LogP contribution >= 0.6 is 0 Å². The van der Waals surface area contributed by atoms with Crippen LogP contribution in [0.15, 0.2) is 47.6 Å². The average molecular weight is 426 g/mol. The number of nitrogens with one attached hydrogen (secondary N) is 3. The molecule has 0 aromatic heterocycles. The number of ether oxygens (including phenoxy) is 2. The van der Waals surface area contributed by atoms with E-state index in [1.54, 1.807) is 24.3 Å². The molecule has 31 heavy (non-hydrogen) atoms. The van der Waals surface area contributed by atoms with Crippen LogP contribution in [0.2, 0.25) is 0 Å². The van der Waals surface area contributed by atoms with Gasteiger partial charge in [-0.05, 0) is 54.8 Å². The summed E-state index contributed by atoms with van der Waals surface area (Å²) >= 11 is 0. The number of benzene rings is 2. The van der Waals surface area contributed by atoms with E-state index in [1.807, 2.05) is 32.0 Å². The van der Waals surface area contributed by atoms with E-state index >= 15 is 0 Å². The van der Waals surface area contributed by atoms with Crippen LogP contribution in [-0.4, -0.2) is 50.8 Å². The third-order valence-electron chi connectivity index (χ3n) is 3.91. The maximum absolute atomic E-state index is 12.1. The van der Waals surface area contributed by atoms with Crippen LogP contribution in [0.5, 0.6) is 5.75 Å². The zero-order valence-corrected chi connectivity index (χ0v) is 17.7. The van der Waals surface area contributed by atoms with E-state index in [9.17, 15) is 14.4 Å². The van der Waals surface area contributed by atoms with Gasteiger partial charge in [-0.15, -0.1) is 0 Å². The predicted octanol–water partition coefficient (Wildman–Crippen LogP) is 1.53. The summed E-state index contributed by atoms with van der Waals surface area (Å²) in [7, 11) is 1.49. The minimum absolute atomic E-state index is 0.161. The van der Waals surface area contributed by atoms with Gasteiger partial charge in [-0.25, -0.2) is 5.43 Å². The number of hydrazone groups is 1. The van der Waals surface area contributed by atoms with Gasteiger partial charge < -0.3 is 20.1 Å². The maximum Gasteiger partial charge on any atom is 0.329 e. The van der Waals surface area contributed by atoms with Crippen LogP contribution in [0.1, 0.15) is 16.7 Å². The van der Waals surface area contributed by atoms with Crippen molar-refractivity contribution in [3.05, 3.63) is 59.2 Å². The van der Waals surface area contributed by atoms with Gasteiger partial charge in [-0.3, -0.25) is 14.4 Å². The molecule has 0 aliphatic rings. The second kappa shape index (κ2) is 12.1. The Morgan fingerprint density at radius 3 is 2.48 bits per heavy atom. The van der Waals surface area contributed by atoms with Crippen molar-refractivity contribution < 1.29 is 23.9 Å². The van der Waals surface area contributed by atoms with Gasteiger partial charge >= 0.3 is 11.8 Å². The first-order valence-electron chi connectivity index (χ1n) is 9.58. The Morgan fingerprint density at radius 2 is 1.77 bits per heavy atom. The Hall–Kier alpha value is -3.72. The first-order chi connectivity index (χ1) is 14.9. The molecule has 0 unspecified atom stereocenters. The molecule has 0 spiro atoms. The van der Waals surface area contributed by atoms with Gasteiger partial charge in [0.15, 0.2) is 6.61 Å². The third-order valence-corrected chi connectivity index (χ3v) is 3.91. The van der Waals surface area contributed by atoms with Crippen LogP contribution in [-0.2, 0) is 19.1 Å². The zero-order valence-electron chi connectivity index (χ0n) is 17.7. The molecule has 0 radical (unpaired) electrons. The second-order valence-corrected chi connectivity index (χ2v) is 6.73. The summed E-state index contributed by atoms with van der Waals surface area (Å²) in [5.41, 5.74) is 5.59. The number of aryl methyl sites for hydroxylation is 2. The number of carbonyl (C=O) groups is 3. The molecule has 3 N–H and O–H groups in total. The highest BCUT2D eigenvalue weighted by molar-refractivity contribution is 6.35. The summed E-state index contributed by atoms with van der Waals surface area (Å²) in [6, 6.07) is 12.6. The summed E-state index contributed by atoms with van der Waals surface area (Å²) < 4.78 is 10.3. The average Bonchev–Trinajstić information content (AvgIpc) is 2.72. The Morgan fingerprint density at radius 1 is 1.03 bits per heavy atom. The summed E-state index contributed by atoms with van der Waals surface area (Å²) in [6.45, 7) is 4.29. The van der Waals surface area contributed by atoms with E-state index in [2.05, 4.69) is 21.2 Å². The van der Waals surface area contributed by atoms with Crippen LogP contribution in [0.25, 0.3) is 0 Å². The molecule has 3 amide bonds. The van der Waals surface area contributed by atoms with Crippen molar-refractivity contribution in [2.75, 3.05) is 32.2 Å². The van der Waals surface area contributed by atoms with Gasteiger partial charge in [0.25, 0.3) is 5.91 Å². The molecule has 9 heteroatoms. The van der Waals surface area contributed by atoms with Gasteiger partial charge in [0.2, 0.25) is 0 Å². The SMILES string of the molecule is COCCNC(=O)C(=O)N/N=C\c1cccc(OCC(=O)Nc2cc(C)cc(C)c2)c1. The molecule has 0 atom stereocenters. The molecule has 2 rings (SSSR count). The van der Waals surface area contributed by atoms with E-state index < -0.39 is 11.8 Å². The van der Waals surface area contributed by atoms with Crippen molar-refractivity contribution in [2.24, 2.45) is 5.10 Å². The number of methoxy groups -OCH3 is 1. The molecule has 0 aliphatic carbocycles. The lowest BCUT2D eigenvalue weighted by Gasteiger charge is -2.09. The molecule has 0 bridgehead atoms. The number of rotatable bonds is 9. The minimum atomic E-state index is -0.886. The van der Waals surface area contributed by atoms with Crippen LogP contribution in [0, 0.1) is 13.8 Å². The third kappa shape index (κ3) is 8.67. The number of carbonyl (C=O) groups excluding carboxylic acids is 3. The number of amides is 3. The topological polar surface area (TPSA) is 118 Å². The smallest absolute Gasteiger partial charge is 0.329 e. The predicted molar refractivity (Wildman–Crippen MR) is 117 cm³/mol. The zero-order chi connectivity index (χ0) is 22.6. The van der Waals surface area contributed by atoms with Crippen LogP contribution in [0.3, 0.4) is 0 Å². The molecule has 0 aliphatic heterocycles. The summed E-state index contributed by atoms with van der Waals surface area (Å²) in [5, 5.41) is 8.93. The lowest BCUT2D eigenvalue weighted by atomic mass is 10.1. The molecule has 0 saturated carbocycles. The molecule has 0 heterocycles. The van der Waals surface area contributed by atoms with Gasteiger partial charge in [0.05, 0.1) is 12.8 Å². The highest BCUT2D eigenvalue weighted by Gasteiger charge is 2.11. The number of anilines is 1. The van der Waals surface area contributed by atoms with Gasteiger partial charge in [-0.2, -0.15) is 5.10 Å². The Labute approximate surface area is 180 Å². The quantitative estimate of drug-likeness (QED) is 0.243. The Balaban J connectivity index is 1.83. The fourth-order valence-electron chi connectivity index (χ4n) is 2.64. The number of nitrogens with zero attached hydrogens (tertiary/aromatic N) is 1. The van der Waals surface area contributed by atoms with Crippen molar-refractivity contribution in [3.8, 4) is 5.75 Å². The standard InChI is InChI=1S/C22H26N4O5/c1-15-9-16(2)11-18(10-15)25-20(27)14-31-19-6-4-5-17(12-19)13-24-26-22(29)21(28)23-7-8-30-3/h4-6,9-13H,7-8,14H2,1-3H3,(H,23,28)(H,25,27)(H,26,29)/b24-13-. The highest BCUT2D eigenvalue weighted by atomic mass is 16.5. The fraction of sp³-hybridized carbons (Fsp3) is 0.273. The summed E-state index contributed by atoms with van der Waals surface area (Å²) in [5.74, 6) is -1.51. The van der Waals surface area contributed by atoms with Crippen molar-refractivity contribution in [3.63, 3.8) is 0 Å². The molecule has 2 aromatic rings. The highest BCUT2D eigenvalue weighted by Crippen LogP contribution is 2.15. The number of hydrogen-bond donors (Lipinski definition) is 3. The van der Waals surface area contributed by atoms with E-state index in [4.69, 9.17) is 9.47 Å². The first kappa shape index (κ1) is 23.6. The van der Waals surface area contributed by atoms with Crippen molar-refractivity contribution in [1.29, 1.82) is 0 Å². The number of hydrogen-bond acceptors (Lipinski definition) is 6. The van der Waals surface area contributed by atoms with E-state index in [-0.39, 0.29) is 19.1 Å². The van der Waals surface area contributed by atoms with Crippen molar-refractivity contribution >= 4 is 29.6 Å². The molecule has 9 nitrogen and oxygen atoms in total. The van der Waals surface area contributed by atoms with Gasteiger partial charge in [0, 0.05) is 19.3 Å². The van der Waals surface area contributed by atoms with E-state index in [0.29, 0.717) is 23.6 Å². The molecular weight excluding hydrogens is 400 g/mol. The summed E-state index contributed by atoms with van der Waals surface area (Å²) in [6.07, 6.45) is 1.36. The van der Waals surface area contributed by atoms with Crippen molar-refractivity contribution in [2.45, 2.75) is 13.8 Å². The molecule has 164 valence electrons. The van der Waals surface area contributed by atoms with Gasteiger partial charge in [0.1, 0.15) is 5.75 Å². The molecular formula is C22H26N4O5. The van der Waals surface area contributed by atoms with Crippen molar-refractivity contribution in [1.82, 2.24) is 10.7 Å². The van der Waals surface area contributed by atoms with Crippen LogP contribution in [0.4, 0.5) is 5.69 Å². The first-order valence-corrected chi connectivity index (χ1v) is 9.58. The molecule has 2 aromatic carbocycles. The normalized spacial score (nSPS) is 10.5. The largest absolute Gasteiger partial charge is 0.484 e.